The molecule has 0 aliphatic heterocycles. The second-order valence-corrected chi connectivity index (χ2v) is 0.467. The van der Waals surface area contributed by atoms with Crippen LogP contribution in [0.15, 0.2) is 0 Å². The van der Waals surface area contributed by atoms with Crippen LogP contribution in [0.3, 0.4) is 0 Å². The Morgan fingerprint density at radius 1 is 1.62 bits per heavy atom. The first kappa shape index (κ1) is 15.7. The molecule has 8 heavy (non-hydrogen) atoms. The van der Waals surface area contributed by atoms with Crippen LogP contribution in [-0.4, -0.2) is 16.2 Å². The number of aliphatic carboxylic acids is 1. The number of hydrogen-bond acceptors (Lipinski definition) is 2. The SMILES string of the molecule is O=C(O)[CH-]O.[CH2-]C.[W+2]. The number of carboxylic acid groups (broad SMARTS) is 1. The average molecular weight is 288 g/mol. The number of rotatable bonds is 1. The van der Waals surface area contributed by atoms with Crippen molar-refractivity contribution in [3.05, 3.63) is 13.5 Å². The second kappa shape index (κ2) is 15.8. The smallest absolute Gasteiger partial charge is 0.537 e. The van der Waals surface area contributed by atoms with E-state index in [1.807, 2.05) is 0 Å². The predicted molar refractivity (Wildman–Crippen MR) is 24.9 cm³/mol. The molecule has 0 aromatic rings. The molecule has 48 valence electrons. The van der Waals surface area contributed by atoms with Crippen LogP contribution in [0.5, 0.6) is 0 Å². The van der Waals surface area contributed by atoms with E-state index in [9.17, 15) is 0 Å². The molecule has 0 unspecified atom stereocenters. The van der Waals surface area contributed by atoms with Gasteiger partial charge >= 0.3 is 21.1 Å². The summed E-state index contributed by atoms with van der Waals surface area (Å²) in [6.07, 6.45) is 0. The monoisotopic (exact) mass is 288 g/mol. The van der Waals surface area contributed by atoms with Gasteiger partial charge in [-0.2, -0.15) is 13.5 Å². The van der Waals surface area contributed by atoms with E-state index >= 15 is 0 Å². The first-order chi connectivity index (χ1) is 3.27. The maximum Gasteiger partial charge on any atom is 2.00 e. The molecule has 0 rings (SSSR count). The summed E-state index contributed by atoms with van der Waals surface area (Å²) in [7, 11) is 0. The molecule has 0 spiro atoms. The summed E-state index contributed by atoms with van der Waals surface area (Å²) in [4.78, 5) is 9.06. The molecular weight excluding hydrogens is 280 g/mol. The Hall–Kier alpha value is -0.0117. The zero-order valence-corrected chi connectivity index (χ0v) is 7.43. The van der Waals surface area contributed by atoms with Crippen LogP contribution in [0.2, 0.25) is 0 Å². The van der Waals surface area contributed by atoms with Gasteiger partial charge in [0, 0.05) is 0 Å². The van der Waals surface area contributed by atoms with Gasteiger partial charge < -0.3 is 17.1 Å². The predicted octanol–water partition coefficient (Wildman–Crippen LogP) is 0.443. The van der Waals surface area contributed by atoms with E-state index in [0.717, 1.165) is 0 Å². The zero-order valence-electron chi connectivity index (χ0n) is 4.50. The summed E-state index contributed by atoms with van der Waals surface area (Å²) in [5.74, 6) is -1.31. The Morgan fingerprint density at radius 3 is 1.75 bits per heavy atom. The number of hydrogen-bond donors (Lipinski definition) is 2. The van der Waals surface area contributed by atoms with E-state index in [0.29, 0.717) is 0 Å². The molecule has 0 aromatic heterocycles. The van der Waals surface area contributed by atoms with E-state index in [1.54, 1.807) is 6.92 Å². The Balaban J connectivity index is -0.0000000750. The van der Waals surface area contributed by atoms with Crippen molar-refractivity contribution in [2.24, 2.45) is 0 Å². The van der Waals surface area contributed by atoms with Crippen molar-refractivity contribution in [1.82, 2.24) is 0 Å². The Bertz CT molecular complexity index is 46.5. The van der Waals surface area contributed by atoms with E-state index in [1.165, 1.54) is 0 Å². The van der Waals surface area contributed by atoms with Crippen LogP contribution in [-0.2, 0) is 25.9 Å². The van der Waals surface area contributed by atoms with Crippen LogP contribution in [0.1, 0.15) is 6.92 Å². The Labute approximate surface area is 63.0 Å². The molecule has 0 aliphatic carbocycles. The summed E-state index contributed by atoms with van der Waals surface area (Å²) in [6.45, 7) is 5.08. The number of carboxylic acids is 1. The van der Waals surface area contributed by atoms with E-state index in [2.05, 4.69) is 6.92 Å². The van der Waals surface area contributed by atoms with Crippen LogP contribution >= 0.6 is 0 Å². The molecule has 0 radical (unpaired) electrons. The summed E-state index contributed by atoms with van der Waals surface area (Å²) in [6, 6.07) is 0. The molecule has 0 aromatic carbocycles. The fraction of sp³-hybridized carbons (Fsp3) is 0.250. The molecule has 0 aliphatic rings. The minimum atomic E-state index is -1.31. The minimum Gasteiger partial charge on any atom is -0.537 e. The summed E-state index contributed by atoms with van der Waals surface area (Å²) in [5.41, 5.74) is 0. The molecule has 0 bridgehead atoms. The fourth-order valence-electron chi connectivity index (χ4n) is 0. The van der Waals surface area contributed by atoms with E-state index in [4.69, 9.17) is 15.0 Å². The number of aliphatic hydroxyl groups excluding tert-OH is 1. The van der Waals surface area contributed by atoms with Gasteiger partial charge in [0.05, 0.1) is 0 Å². The van der Waals surface area contributed by atoms with Crippen LogP contribution < -0.4 is 0 Å². The molecule has 3 nitrogen and oxygen atoms in total. The van der Waals surface area contributed by atoms with Gasteiger partial charge in [-0.15, -0.1) is 0 Å². The standard InChI is InChI=1S/C2H3O3.C2H5.W/c3-1-2(4)5;1-2;/h1,3H,(H,4,5);1H2,2H3;/q2*-1;+2. The quantitative estimate of drug-likeness (QED) is 0.688. The van der Waals surface area contributed by atoms with E-state index in [-0.39, 0.29) is 27.7 Å². The largest absolute Gasteiger partial charge is 2.00 e. The van der Waals surface area contributed by atoms with Gasteiger partial charge in [0.15, 0.2) is 5.97 Å². The van der Waals surface area contributed by atoms with E-state index < -0.39 is 5.97 Å². The fourth-order valence-corrected chi connectivity index (χ4v) is 0. The number of carbonyl (C=O) groups is 1. The van der Waals surface area contributed by atoms with Gasteiger partial charge in [0.25, 0.3) is 0 Å². The van der Waals surface area contributed by atoms with Gasteiger partial charge in [0.1, 0.15) is 0 Å². The zero-order chi connectivity index (χ0) is 6.28. The van der Waals surface area contributed by atoms with Crippen molar-refractivity contribution >= 4 is 5.97 Å². The molecule has 0 saturated carbocycles. The second-order valence-electron chi connectivity index (χ2n) is 0.467. The molecule has 0 amide bonds. The van der Waals surface area contributed by atoms with Crippen LogP contribution in [0.25, 0.3) is 0 Å². The normalized spacial score (nSPS) is 4.88. The Morgan fingerprint density at radius 2 is 1.75 bits per heavy atom. The van der Waals surface area contributed by atoms with Gasteiger partial charge in [-0.1, -0.05) is 0 Å². The minimum absolute atomic E-state index is 0. The van der Waals surface area contributed by atoms with Crippen molar-refractivity contribution in [1.29, 1.82) is 0 Å². The molecule has 2 N–H and O–H groups in total. The Kier molecular flexibility index (Phi) is 30.9. The average Bonchev–Trinajstić information content (AvgIpc) is 1.73. The van der Waals surface area contributed by atoms with Crippen molar-refractivity contribution in [3.63, 3.8) is 0 Å². The third kappa shape index (κ3) is 37.7. The van der Waals surface area contributed by atoms with Gasteiger partial charge in [-0.3, -0.25) is 4.79 Å². The molecule has 0 fully saturated rings. The topological polar surface area (TPSA) is 57.5 Å². The summed E-state index contributed by atoms with van der Waals surface area (Å²) >= 11 is 0. The molecule has 0 heterocycles. The maximum absolute atomic E-state index is 9.06. The summed E-state index contributed by atoms with van der Waals surface area (Å²) in [5, 5.41) is 14.8. The van der Waals surface area contributed by atoms with Crippen LogP contribution in [0.4, 0.5) is 0 Å². The third-order valence-electron chi connectivity index (χ3n) is 0.110. The molecule has 0 atom stereocenters. The maximum atomic E-state index is 9.06. The summed E-state index contributed by atoms with van der Waals surface area (Å²) < 4.78 is 0. The van der Waals surface area contributed by atoms with Crippen molar-refractivity contribution in [3.8, 4) is 0 Å². The molecule has 4 heteroatoms. The first-order valence-electron chi connectivity index (χ1n) is 1.68. The first-order valence-corrected chi connectivity index (χ1v) is 1.68. The number of aliphatic hydroxyl groups is 1. The van der Waals surface area contributed by atoms with Crippen molar-refractivity contribution in [2.45, 2.75) is 6.92 Å². The van der Waals surface area contributed by atoms with Gasteiger partial charge in [-0.25, -0.2) is 0 Å². The van der Waals surface area contributed by atoms with Gasteiger partial charge in [0.2, 0.25) is 0 Å². The van der Waals surface area contributed by atoms with Gasteiger partial charge in [-0.05, 0) is 0 Å². The molecule has 0 saturated heterocycles. The van der Waals surface area contributed by atoms with Crippen molar-refractivity contribution < 1.29 is 36.1 Å². The van der Waals surface area contributed by atoms with Crippen LogP contribution in [0, 0.1) is 13.5 Å². The van der Waals surface area contributed by atoms with Crippen molar-refractivity contribution in [2.75, 3.05) is 0 Å². The third-order valence-corrected chi connectivity index (χ3v) is 0.110. The molecular formula is C4H8O3W.